The molecule has 0 aromatic heterocycles. The number of nitrogens with zero attached hydrogens (tertiary/aromatic N) is 1. The molecule has 0 aliphatic carbocycles. The van der Waals surface area contributed by atoms with Gasteiger partial charge < -0.3 is 9.47 Å². The molecule has 1 fully saturated rings. The number of nitriles is 1. The fourth-order valence-electron chi connectivity index (χ4n) is 2.09. The summed E-state index contributed by atoms with van der Waals surface area (Å²) in [5.41, 5.74) is 0.955. The van der Waals surface area contributed by atoms with Crippen molar-refractivity contribution in [1.82, 2.24) is 5.32 Å². The normalized spacial score (nSPS) is 20.3. The summed E-state index contributed by atoms with van der Waals surface area (Å²) in [6.07, 6.45) is 2.44. The summed E-state index contributed by atoms with van der Waals surface area (Å²) >= 11 is 0. The van der Waals surface area contributed by atoms with Crippen LogP contribution < -0.4 is 10.1 Å². The molecule has 1 aliphatic heterocycles. The number of hydrogen-bond donors (Lipinski definition) is 1. The van der Waals surface area contributed by atoms with Crippen LogP contribution in [0.1, 0.15) is 24.4 Å². The lowest BCUT2D eigenvalue weighted by molar-refractivity contribution is 0.109. The molecule has 1 N–H and O–H groups in total. The Labute approximate surface area is 108 Å². The molecule has 0 amide bonds. The number of nitrogens with one attached hydrogen (secondary N) is 1. The van der Waals surface area contributed by atoms with E-state index in [1.165, 1.54) is 0 Å². The zero-order valence-corrected chi connectivity index (χ0v) is 10.6. The summed E-state index contributed by atoms with van der Waals surface area (Å²) < 4.78 is 10.6. The van der Waals surface area contributed by atoms with Crippen LogP contribution in [0.4, 0.5) is 0 Å². The standard InChI is InChI=1S/C14H18N2O2/c1-17-12-6-4-11(5-7-12)14(9-15)16-10-13-3-2-8-18-13/h4-7,13-14,16H,2-3,8,10H2,1H3. The number of rotatable bonds is 5. The average molecular weight is 246 g/mol. The molecule has 18 heavy (non-hydrogen) atoms. The van der Waals surface area contributed by atoms with Gasteiger partial charge in [-0.3, -0.25) is 5.32 Å². The van der Waals surface area contributed by atoms with E-state index in [1.807, 2.05) is 24.3 Å². The molecule has 0 saturated carbocycles. The van der Waals surface area contributed by atoms with Crippen LogP contribution in [-0.2, 0) is 4.74 Å². The number of benzene rings is 1. The summed E-state index contributed by atoms with van der Waals surface area (Å²) in [4.78, 5) is 0. The van der Waals surface area contributed by atoms with E-state index in [9.17, 15) is 5.26 Å². The van der Waals surface area contributed by atoms with E-state index in [2.05, 4.69) is 11.4 Å². The van der Waals surface area contributed by atoms with Gasteiger partial charge in [0.05, 0.1) is 19.3 Å². The molecule has 96 valence electrons. The first-order chi connectivity index (χ1) is 8.83. The minimum atomic E-state index is -0.292. The summed E-state index contributed by atoms with van der Waals surface area (Å²) in [5, 5.41) is 12.4. The van der Waals surface area contributed by atoms with Crippen molar-refractivity contribution in [1.29, 1.82) is 5.26 Å². The molecular formula is C14H18N2O2. The van der Waals surface area contributed by atoms with Gasteiger partial charge in [0.15, 0.2) is 0 Å². The summed E-state index contributed by atoms with van der Waals surface area (Å²) in [6, 6.07) is 9.54. The predicted molar refractivity (Wildman–Crippen MR) is 68.3 cm³/mol. The van der Waals surface area contributed by atoms with Crippen molar-refractivity contribution in [3.63, 3.8) is 0 Å². The molecule has 2 unspecified atom stereocenters. The van der Waals surface area contributed by atoms with E-state index in [0.29, 0.717) is 0 Å². The van der Waals surface area contributed by atoms with E-state index in [0.717, 1.165) is 37.3 Å². The molecule has 1 aromatic rings. The SMILES string of the molecule is COc1ccc(C(C#N)NCC2CCCO2)cc1. The maximum Gasteiger partial charge on any atom is 0.121 e. The molecule has 4 heteroatoms. The van der Waals surface area contributed by atoms with Gasteiger partial charge in [0.1, 0.15) is 11.8 Å². The van der Waals surface area contributed by atoms with Gasteiger partial charge in [-0.25, -0.2) is 0 Å². The van der Waals surface area contributed by atoms with Crippen molar-refractivity contribution in [2.75, 3.05) is 20.3 Å². The fourth-order valence-corrected chi connectivity index (χ4v) is 2.09. The molecule has 2 rings (SSSR count). The Kier molecular flexibility index (Phi) is 4.57. The van der Waals surface area contributed by atoms with E-state index < -0.39 is 0 Å². The van der Waals surface area contributed by atoms with E-state index >= 15 is 0 Å². The van der Waals surface area contributed by atoms with Gasteiger partial charge in [0, 0.05) is 13.2 Å². The van der Waals surface area contributed by atoms with Gasteiger partial charge in [-0.05, 0) is 30.5 Å². The molecule has 0 bridgehead atoms. The largest absolute Gasteiger partial charge is 0.497 e. The fraction of sp³-hybridized carbons (Fsp3) is 0.500. The van der Waals surface area contributed by atoms with Gasteiger partial charge in [-0.2, -0.15) is 5.26 Å². The van der Waals surface area contributed by atoms with Gasteiger partial charge in [-0.1, -0.05) is 12.1 Å². The van der Waals surface area contributed by atoms with Crippen molar-refractivity contribution in [3.8, 4) is 11.8 Å². The maximum atomic E-state index is 9.20. The third kappa shape index (κ3) is 3.22. The summed E-state index contributed by atoms with van der Waals surface area (Å²) in [6.45, 7) is 1.57. The van der Waals surface area contributed by atoms with E-state index in [4.69, 9.17) is 9.47 Å². The lowest BCUT2D eigenvalue weighted by atomic mass is 10.1. The molecule has 1 aliphatic rings. The average Bonchev–Trinajstić information content (AvgIpc) is 2.93. The molecule has 4 nitrogen and oxygen atoms in total. The Morgan fingerprint density at radius 1 is 1.50 bits per heavy atom. The van der Waals surface area contributed by atoms with Crippen LogP contribution in [-0.4, -0.2) is 26.4 Å². The Hall–Kier alpha value is -1.57. The van der Waals surface area contributed by atoms with Crippen molar-refractivity contribution in [2.45, 2.75) is 25.0 Å². The van der Waals surface area contributed by atoms with Crippen LogP contribution in [0.3, 0.4) is 0 Å². The van der Waals surface area contributed by atoms with Crippen LogP contribution in [0.2, 0.25) is 0 Å². The van der Waals surface area contributed by atoms with Crippen molar-refractivity contribution < 1.29 is 9.47 Å². The van der Waals surface area contributed by atoms with Crippen LogP contribution >= 0.6 is 0 Å². The van der Waals surface area contributed by atoms with Gasteiger partial charge >= 0.3 is 0 Å². The first-order valence-corrected chi connectivity index (χ1v) is 6.22. The first-order valence-electron chi connectivity index (χ1n) is 6.22. The monoisotopic (exact) mass is 246 g/mol. The number of methoxy groups -OCH3 is 1. The lowest BCUT2D eigenvalue weighted by Crippen LogP contribution is -2.29. The second-order valence-corrected chi connectivity index (χ2v) is 4.38. The molecular weight excluding hydrogens is 228 g/mol. The Balaban J connectivity index is 1.92. The van der Waals surface area contributed by atoms with Crippen molar-refractivity contribution in [3.05, 3.63) is 29.8 Å². The Bertz CT molecular complexity index is 405. The Morgan fingerprint density at radius 3 is 2.83 bits per heavy atom. The van der Waals surface area contributed by atoms with Gasteiger partial charge in [-0.15, -0.1) is 0 Å². The predicted octanol–water partition coefficient (Wildman–Crippen LogP) is 2.03. The summed E-state index contributed by atoms with van der Waals surface area (Å²) in [5.74, 6) is 0.801. The Morgan fingerprint density at radius 2 is 2.28 bits per heavy atom. The minimum absolute atomic E-state index is 0.249. The smallest absolute Gasteiger partial charge is 0.121 e. The molecule has 0 radical (unpaired) electrons. The molecule has 1 aromatic carbocycles. The van der Waals surface area contributed by atoms with Gasteiger partial charge in [0.2, 0.25) is 0 Å². The van der Waals surface area contributed by atoms with Crippen molar-refractivity contribution in [2.24, 2.45) is 0 Å². The van der Waals surface area contributed by atoms with Crippen LogP contribution in [0.5, 0.6) is 5.75 Å². The first kappa shape index (κ1) is 12.9. The summed E-state index contributed by atoms with van der Waals surface area (Å²) in [7, 11) is 1.63. The highest BCUT2D eigenvalue weighted by atomic mass is 16.5. The molecule has 1 saturated heterocycles. The van der Waals surface area contributed by atoms with Crippen LogP contribution in [0.25, 0.3) is 0 Å². The van der Waals surface area contributed by atoms with Crippen LogP contribution in [0, 0.1) is 11.3 Å². The van der Waals surface area contributed by atoms with Crippen LogP contribution in [0.15, 0.2) is 24.3 Å². The third-order valence-electron chi connectivity index (χ3n) is 3.15. The quantitative estimate of drug-likeness (QED) is 0.863. The topological polar surface area (TPSA) is 54.3 Å². The highest BCUT2D eigenvalue weighted by Crippen LogP contribution is 2.18. The minimum Gasteiger partial charge on any atom is -0.497 e. The second-order valence-electron chi connectivity index (χ2n) is 4.38. The highest BCUT2D eigenvalue weighted by Gasteiger charge is 2.17. The van der Waals surface area contributed by atoms with Crippen molar-refractivity contribution >= 4 is 0 Å². The lowest BCUT2D eigenvalue weighted by Gasteiger charge is -2.15. The highest BCUT2D eigenvalue weighted by molar-refractivity contribution is 5.31. The maximum absolute atomic E-state index is 9.20. The molecule has 2 atom stereocenters. The van der Waals surface area contributed by atoms with Gasteiger partial charge in [0.25, 0.3) is 0 Å². The third-order valence-corrected chi connectivity index (χ3v) is 3.15. The zero-order chi connectivity index (χ0) is 12.8. The van der Waals surface area contributed by atoms with E-state index in [-0.39, 0.29) is 12.1 Å². The number of hydrogen-bond acceptors (Lipinski definition) is 4. The zero-order valence-electron chi connectivity index (χ0n) is 10.6. The molecule has 1 heterocycles. The van der Waals surface area contributed by atoms with E-state index in [1.54, 1.807) is 7.11 Å². The number of ether oxygens (including phenoxy) is 2. The molecule has 0 spiro atoms. The second kappa shape index (κ2) is 6.39.